The molecule has 2 bridgehead atoms. The van der Waals surface area contributed by atoms with Gasteiger partial charge in [-0.05, 0) is 56.4 Å². The van der Waals surface area contributed by atoms with Crippen molar-refractivity contribution in [1.82, 2.24) is 14.9 Å². The fourth-order valence-electron chi connectivity index (χ4n) is 6.91. The van der Waals surface area contributed by atoms with E-state index >= 15 is 4.39 Å². The first-order valence-electron chi connectivity index (χ1n) is 14.8. The second-order valence-corrected chi connectivity index (χ2v) is 14.1. The summed E-state index contributed by atoms with van der Waals surface area (Å²) < 4.78 is 26.8. The lowest BCUT2D eigenvalue weighted by Gasteiger charge is -2.41. The van der Waals surface area contributed by atoms with Crippen molar-refractivity contribution in [1.29, 1.82) is 10.5 Å². The number of piperazine rings is 1. The Labute approximate surface area is 276 Å². The van der Waals surface area contributed by atoms with Crippen LogP contribution in [-0.2, 0) is 22.7 Å². The predicted molar refractivity (Wildman–Crippen MR) is 172 cm³/mol. The molecule has 0 aliphatic carbocycles. The molecule has 0 saturated carbocycles. The van der Waals surface area contributed by atoms with Gasteiger partial charge >= 0.3 is 12.2 Å². The Bertz CT molecular complexity index is 2100. The van der Waals surface area contributed by atoms with E-state index in [1.165, 1.54) is 17.0 Å². The first kappa shape index (κ1) is 30.9. The molecular formula is C32H27ClFN7O5S. The van der Waals surface area contributed by atoms with Gasteiger partial charge in [0, 0.05) is 36.1 Å². The van der Waals surface area contributed by atoms with Gasteiger partial charge in [-0.15, -0.1) is 11.3 Å². The van der Waals surface area contributed by atoms with Crippen LogP contribution in [0.3, 0.4) is 0 Å². The normalized spacial score (nSPS) is 18.7. The molecule has 0 radical (unpaired) electrons. The number of carboxylic acid groups (broad SMARTS) is 1. The van der Waals surface area contributed by atoms with Gasteiger partial charge in [0.2, 0.25) is 5.82 Å². The lowest BCUT2D eigenvalue weighted by atomic mass is 9.90. The van der Waals surface area contributed by atoms with E-state index in [-0.39, 0.29) is 56.8 Å². The molecule has 240 valence electrons. The SMILES string of the molecule is CC(C)(C)OC(=O)Nc1sc2c(F)ccc(-c3c4c(c5c(N6C7CCC6CN(C(=O)O)C7)nc(C#N)nc5c3Cl)COC4)c2c1C#N. The number of halogens is 2. The lowest BCUT2D eigenvalue weighted by molar-refractivity contribution is 0.0636. The third-order valence-electron chi connectivity index (χ3n) is 8.66. The molecule has 5 heterocycles. The average molecular weight is 676 g/mol. The molecule has 2 fully saturated rings. The van der Waals surface area contributed by atoms with Crippen molar-refractivity contribution < 1.29 is 28.6 Å². The highest BCUT2D eigenvalue weighted by atomic mass is 35.5. The average Bonchev–Trinajstić information content (AvgIpc) is 3.70. The zero-order valence-corrected chi connectivity index (χ0v) is 27.1. The molecule has 47 heavy (non-hydrogen) atoms. The van der Waals surface area contributed by atoms with Crippen LogP contribution >= 0.6 is 22.9 Å². The van der Waals surface area contributed by atoms with Crippen LogP contribution < -0.4 is 10.2 Å². The third kappa shape index (κ3) is 5.04. The number of nitrogens with one attached hydrogen (secondary N) is 1. The summed E-state index contributed by atoms with van der Waals surface area (Å²) in [5, 5.41) is 33.7. The summed E-state index contributed by atoms with van der Waals surface area (Å²) in [6.45, 7) is 6.06. The van der Waals surface area contributed by atoms with Crippen LogP contribution in [0, 0.1) is 28.5 Å². The standard InChI is InChI=1S/C32H27ClFN7O5S/c1-32(2,3)46-30(42)39-29-17(8-35)23-16(6-7-20(34)27(23)47-29)22-18-12-45-13-19(18)24-26(25(22)33)37-21(9-36)38-28(24)41-14-4-5-15(41)11-40(10-14)31(43)44/h6-7,14-15H,4-5,10-13H2,1-3H3,(H,39,42)(H,43,44). The van der Waals surface area contributed by atoms with Gasteiger partial charge in [0.05, 0.1) is 39.4 Å². The molecule has 3 aliphatic heterocycles. The zero-order valence-electron chi connectivity index (χ0n) is 25.5. The van der Waals surface area contributed by atoms with Gasteiger partial charge in [0.15, 0.2) is 0 Å². The molecule has 2 saturated heterocycles. The highest BCUT2D eigenvalue weighted by Gasteiger charge is 2.44. The van der Waals surface area contributed by atoms with E-state index in [0.29, 0.717) is 46.5 Å². The van der Waals surface area contributed by atoms with E-state index in [1.54, 1.807) is 20.8 Å². The number of rotatable bonds is 3. The minimum atomic E-state index is -0.978. The number of carbonyl (C=O) groups is 2. The van der Waals surface area contributed by atoms with Crippen LogP contribution in [0.25, 0.3) is 32.1 Å². The summed E-state index contributed by atoms with van der Waals surface area (Å²) in [6, 6.07) is 6.67. The van der Waals surface area contributed by atoms with Crippen LogP contribution in [0.5, 0.6) is 0 Å². The van der Waals surface area contributed by atoms with Gasteiger partial charge in [-0.25, -0.2) is 23.9 Å². The number of nitriles is 2. The second kappa shape index (κ2) is 11.2. The molecule has 2 amide bonds. The fourth-order valence-corrected chi connectivity index (χ4v) is 8.33. The third-order valence-corrected chi connectivity index (χ3v) is 10.1. The van der Waals surface area contributed by atoms with Crippen molar-refractivity contribution >= 4 is 66.9 Å². The highest BCUT2D eigenvalue weighted by molar-refractivity contribution is 7.23. The second-order valence-electron chi connectivity index (χ2n) is 12.7. The highest BCUT2D eigenvalue weighted by Crippen LogP contribution is 2.50. The topological polar surface area (TPSA) is 165 Å². The van der Waals surface area contributed by atoms with Crippen LogP contribution in [-0.4, -0.2) is 62.9 Å². The summed E-state index contributed by atoms with van der Waals surface area (Å²) in [5.41, 5.74) is 1.91. The Morgan fingerprint density at radius 3 is 2.47 bits per heavy atom. The van der Waals surface area contributed by atoms with E-state index < -0.39 is 23.6 Å². The quantitative estimate of drug-likeness (QED) is 0.237. The van der Waals surface area contributed by atoms with Gasteiger partial charge in [0.25, 0.3) is 0 Å². The minimum Gasteiger partial charge on any atom is -0.465 e. The molecule has 15 heteroatoms. The molecule has 2 aromatic heterocycles. The summed E-state index contributed by atoms with van der Waals surface area (Å²) in [4.78, 5) is 37.1. The fraction of sp³-hybridized carbons (Fsp3) is 0.375. The maximum atomic E-state index is 15.4. The number of ether oxygens (including phenoxy) is 2. The monoisotopic (exact) mass is 675 g/mol. The molecular weight excluding hydrogens is 649 g/mol. The number of fused-ring (bicyclic) bond motifs is 6. The molecule has 0 spiro atoms. The molecule has 7 rings (SSSR count). The molecule has 3 aliphatic rings. The summed E-state index contributed by atoms with van der Waals surface area (Å²) in [5.74, 6) is -0.194. The summed E-state index contributed by atoms with van der Waals surface area (Å²) >= 11 is 8.14. The van der Waals surface area contributed by atoms with Crippen LogP contribution in [0.4, 0.5) is 24.8 Å². The van der Waals surface area contributed by atoms with Gasteiger partial charge in [-0.2, -0.15) is 10.5 Å². The van der Waals surface area contributed by atoms with Crippen molar-refractivity contribution in [2.45, 2.75) is 64.5 Å². The predicted octanol–water partition coefficient (Wildman–Crippen LogP) is 6.76. The number of hydrogen-bond acceptors (Lipinski definition) is 10. The number of aromatic nitrogens is 2. The van der Waals surface area contributed by atoms with Gasteiger partial charge in [-0.3, -0.25) is 5.32 Å². The van der Waals surface area contributed by atoms with Gasteiger partial charge in [0.1, 0.15) is 34.4 Å². The maximum Gasteiger partial charge on any atom is 0.412 e. The maximum absolute atomic E-state index is 15.4. The van der Waals surface area contributed by atoms with Gasteiger partial charge in [-0.1, -0.05) is 17.7 Å². The zero-order chi connectivity index (χ0) is 33.4. The van der Waals surface area contributed by atoms with Gasteiger partial charge < -0.3 is 24.4 Å². The van der Waals surface area contributed by atoms with Crippen molar-refractivity contribution in [3.05, 3.63) is 45.5 Å². The number of thiophene rings is 1. The van der Waals surface area contributed by atoms with E-state index in [9.17, 15) is 25.2 Å². The number of anilines is 2. The largest absolute Gasteiger partial charge is 0.465 e. The number of nitrogens with zero attached hydrogens (tertiary/aromatic N) is 6. The van der Waals surface area contributed by atoms with E-state index in [0.717, 1.165) is 29.7 Å². The smallest absolute Gasteiger partial charge is 0.412 e. The lowest BCUT2D eigenvalue weighted by Crippen LogP contribution is -2.55. The van der Waals surface area contributed by atoms with Crippen LogP contribution in [0.2, 0.25) is 5.02 Å². The number of hydrogen-bond donors (Lipinski definition) is 2. The molecule has 2 aromatic carbocycles. The van der Waals surface area contributed by atoms with E-state index in [2.05, 4.69) is 26.3 Å². The molecule has 2 N–H and O–H groups in total. The van der Waals surface area contributed by atoms with E-state index in [4.69, 9.17) is 21.1 Å². The summed E-state index contributed by atoms with van der Waals surface area (Å²) in [6.07, 6.45) is -0.246. The molecule has 2 atom stereocenters. The van der Waals surface area contributed by atoms with Crippen molar-refractivity contribution in [2.75, 3.05) is 23.3 Å². The molecule has 4 aromatic rings. The van der Waals surface area contributed by atoms with Crippen LogP contribution in [0.1, 0.15) is 56.1 Å². The van der Waals surface area contributed by atoms with E-state index in [1.807, 2.05) is 6.07 Å². The number of benzene rings is 2. The summed E-state index contributed by atoms with van der Waals surface area (Å²) in [7, 11) is 0. The number of likely N-dealkylation sites (tertiary alicyclic amines) is 1. The Hall–Kier alpha value is -4.76. The Balaban J connectivity index is 1.45. The Morgan fingerprint density at radius 2 is 1.83 bits per heavy atom. The molecule has 12 nitrogen and oxygen atoms in total. The Kier molecular flexibility index (Phi) is 7.35. The molecule has 2 unspecified atom stereocenters. The van der Waals surface area contributed by atoms with Crippen molar-refractivity contribution in [2.24, 2.45) is 0 Å². The first-order chi connectivity index (χ1) is 22.4. The Morgan fingerprint density at radius 1 is 1.13 bits per heavy atom. The van der Waals surface area contributed by atoms with Crippen molar-refractivity contribution in [3.8, 4) is 23.3 Å². The van der Waals surface area contributed by atoms with Crippen molar-refractivity contribution in [3.63, 3.8) is 0 Å². The minimum absolute atomic E-state index is 0.0446. The van der Waals surface area contributed by atoms with Crippen LogP contribution in [0.15, 0.2) is 12.1 Å². The number of amides is 2. The number of carbonyl (C=O) groups excluding carboxylic acids is 1. The first-order valence-corrected chi connectivity index (χ1v) is 16.0.